The summed E-state index contributed by atoms with van der Waals surface area (Å²) in [4.78, 5) is 11.6. The lowest BCUT2D eigenvalue weighted by atomic mass is 10.1. The van der Waals surface area contributed by atoms with Gasteiger partial charge in [-0.25, -0.2) is 0 Å². The van der Waals surface area contributed by atoms with E-state index in [9.17, 15) is 4.79 Å². The molecule has 138 valence electrons. The summed E-state index contributed by atoms with van der Waals surface area (Å²) in [5.74, 6) is 0.730. The van der Waals surface area contributed by atoms with Crippen molar-refractivity contribution in [1.82, 2.24) is 10.6 Å². The molecule has 0 aromatic rings. The molecule has 0 rings (SSSR count). The third kappa shape index (κ3) is 19.3. The van der Waals surface area contributed by atoms with Crippen LogP contribution < -0.4 is 10.6 Å². The van der Waals surface area contributed by atoms with Crippen LogP contribution in [0.25, 0.3) is 0 Å². The summed E-state index contributed by atoms with van der Waals surface area (Å²) in [5, 5.41) is 6.44. The highest BCUT2D eigenvalue weighted by molar-refractivity contribution is 5.75. The molecule has 0 aromatic heterocycles. The summed E-state index contributed by atoms with van der Waals surface area (Å²) < 4.78 is 5.47. The second kappa shape index (κ2) is 16.3. The first-order chi connectivity index (χ1) is 11.0. The van der Waals surface area contributed by atoms with Gasteiger partial charge < -0.3 is 15.4 Å². The molecule has 0 fully saturated rings. The number of hydrogen-bond acceptors (Lipinski definition) is 3. The Morgan fingerprint density at radius 1 is 0.870 bits per heavy atom. The monoisotopic (exact) mass is 328 g/mol. The van der Waals surface area contributed by atoms with Crippen LogP contribution in [-0.2, 0) is 9.53 Å². The van der Waals surface area contributed by atoms with E-state index in [1.807, 2.05) is 0 Å². The van der Waals surface area contributed by atoms with Gasteiger partial charge in [-0.2, -0.15) is 0 Å². The highest BCUT2D eigenvalue weighted by Gasteiger charge is 2.01. The summed E-state index contributed by atoms with van der Waals surface area (Å²) in [6.07, 6.45) is 8.89. The molecule has 0 aliphatic heterocycles. The molecule has 0 saturated carbocycles. The van der Waals surface area contributed by atoms with Crippen molar-refractivity contribution in [3.8, 4) is 0 Å². The van der Waals surface area contributed by atoms with Gasteiger partial charge in [0.1, 0.15) is 0 Å². The molecule has 2 N–H and O–H groups in total. The Labute approximate surface area is 144 Å². The van der Waals surface area contributed by atoms with Gasteiger partial charge >= 0.3 is 0 Å². The van der Waals surface area contributed by atoms with E-state index in [1.165, 1.54) is 32.1 Å². The van der Waals surface area contributed by atoms with E-state index in [1.54, 1.807) is 0 Å². The average molecular weight is 329 g/mol. The van der Waals surface area contributed by atoms with Crippen molar-refractivity contribution in [2.45, 2.75) is 85.1 Å². The molecule has 0 radical (unpaired) electrons. The molecule has 0 heterocycles. The van der Waals surface area contributed by atoms with Crippen molar-refractivity contribution in [2.75, 3.05) is 26.3 Å². The predicted molar refractivity (Wildman–Crippen MR) is 98.7 cm³/mol. The predicted octanol–water partition coefficient (Wildman–Crippen LogP) is 3.89. The van der Waals surface area contributed by atoms with Crippen molar-refractivity contribution < 1.29 is 9.53 Å². The van der Waals surface area contributed by atoms with Gasteiger partial charge in [0.05, 0.1) is 0 Å². The van der Waals surface area contributed by atoms with Gasteiger partial charge in [-0.3, -0.25) is 4.79 Å². The van der Waals surface area contributed by atoms with Crippen molar-refractivity contribution in [1.29, 1.82) is 0 Å². The van der Waals surface area contributed by atoms with E-state index in [-0.39, 0.29) is 5.91 Å². The lowest BCUT2D eigenvalue weighted by Crippen LogP contribution is -2.24. The first kappa shape index (κ1) is 22.4. The zero-order valence-electron chi connectivity index (χ0n) is 16.0. The highest BCUT2D eigenvalue weighted by atomic mass is 16.5. The molecule has 0 aromatic carbocycles. The second-order valence-electron chi connectivity index (χ2n) is 7.15. The van der Waals surface area contributed by atoms with Crippen LogP contribution in [0.3, 0.4) is 0 Å². The van der Waals surface area contributed by atoms with E-state index in [0.717, 1.165) is 32.5 Å². The van der Waals surface area contributed by atoms with Gasteiger partial charge in [0, 0.05) is 32.2 Å². The Kier molecular flexibility index (Phi) is 15.8. The van der Waals surface area contributed by atoms with Crippen LogP contribution in [-0.4, -0.2) is 38.3 Å². The van der Waals surface area contributed by atoms with Crippen LogP contribution in [0.4, 0.5) is 0 Å². The van der Waals surface area contributed by atoms with E-state index < -0.39 is 0 Å². The topological polar surface area (TPSA) is 50.4 Å². The zero-order valence-corrected chi connectivity index (χ0v) is 16.0. The Balaban J connectivity index is 3.17. The number of rotatable bonds is 16. The van der Waals surface area contributed by atoms with Crippen molar-refractivity contribution in [3.05, 3.63) is 0 Å². The fraction of sp³-hybridized carbons (Fsp3) is 0.947. The number of carbonyl (C=O) groups is 1. The summed E-state index contributed by atoms with van der Waals surface area (Å²) >= 11 is 0. The normalized spacial score (nSPS) is 11.4. The molecule has 0 spiro atoms. The molecule has 4 nitrogen and oxygen atoms in total. The largest absolute Gasteiger partial charge is 0.381 e. The minimum absolute atomic E-state index is 0.165. The number of nitrogens with one attached hydrogen (secondary N) is 2. The number of carbonyl (C=O) groups excluding carboxylic acids is 1. The van der Waals surface area contributed by atoms with Gasteiger partial charge in [-0.05, 0) is 31.7 Å². The highest BCUT2D eigenvalue weighted by Crippen LogP contribution is 2.04. The summed E-state index contributed by atoms with van der Waals surface area (Å²) in [5.41, 5.74) is 0. The molecule has 0 saturated heterocycles. The first-order valence-electron chi connectivity index (χ1n) is 9.60. The van der Waals surface area contributed by atoms with Crippen LogP contribution in [0.5, 0.6) is 0 Å². The Morgan fingerprint density at radius 2 is 1.48 bits per heavy atom. The molecule has 0 atom stereocenters. The smallest absolute Gasteiger partial charge is 0.220 e. The SMILES string of the molecule is CC(C)COCCCC(=O)NCCCCCCCCNC(C)C. The number of hydrogen-bond donors (Lipinski definition) is 2. The Morgan fingerprint density at radius 3 is 2.09 bits per heavy atom. The third-order valence-corrected chi connectivity index (χ3v) is 3.62. The summed E-state index contributed by atoms with van der Waals surface area (Å²) in [6, 6.07) is 0.598. The second-order valence-corrected chi connectivity index (χ2v) is 7.15. The van der Waals surface area contributed by atoms with Crippen molar-refractivity contribution >= 4 is 5.91 Å². The molecule has 0 aliphatic rings. The standard InChI is InChI=1S/C19H40N2O2/c1-17(2)16-23-15-11-12-19(22)21-14-10-8-6-5-7-9-13-20-18(3)4/h17-18,20H,5-16H2,1-4H3,(H,21,22). The van der Waals surface area contributed by atoms with E-state index in [0.29, 0.717) is 25.0 Å². The van der Waals surface area contributed by atoms with E-state index >= 15 is 0 Å². The van der Waals surface area contributed by atoms with Crippen LogP contribution >= 0.6 is 0 Å². The van der Waals surface area contributed by atoms with E-state index in [4.69, 9.17) is 4.74 Å². The molecule has 4 heteroatoms. The van der Waals surface area contributed by atoms with Crippen LogP contribution in [0.1, 0.15) is 79.1 Å². The zero-order chi connectivity index (χ0) is 17.3. The van der Waals surface area contributed by atoms with Crippen LogP contribution in [0.15, 0.2) is 0 Å². The number of amides is 1. The summed E-state index contributed by atoms with van der Waals surface area (Å²) in [6.45, 7) is 12.1. The number of ether oxygens (including phenoxy) is 1. The minimum atomic E-state index is 0.165. The molecule has 23 heavy (non-hydrogen) atoms. The van der Waals surface area contributed by atoms with Crippen LogP contribution in [0, 0.1) is 5.92 Å². The molecule has 0 bridgehead atoms. The quantitative estimate of drug-likeness (QED) is 0.423. The minimum Gasteiger partial charge on any atom is -0.381 e. The third-order valence-electron chi connectivity index (χ3n) is 3.62. The van der Waals surface area contributed by atoms with Gasteiger partial charge in [-0.15, -0.1) is 0 Å². The Hall–Kier alpha value is -0.610. The molecule has 1 amide bonds. The molecular weight excluding hydrogens is 288 g/mol. The van der Waals surface area contributed by atoms with Gasteiger partial charge in [0.25, 0.3) is 0 Å². The lowest BCUT2D eigenvalue weighted by Gasteiger charge is -2.08. The van der Waals surface area contributed by atoms with Gasteiger partial charge in [0.15, 0.2) is 0 Å². The van der Waals surface area contributed by atoms with Gasteiger partial charge in [-0.1, -0.05) is 53.4 Å². The lowest BCUT2D eigenvalue weighted by molar-refractivity contribution is -0.121. The average Bonchev–Trinajstić information content (AvgIpc) is 2.48. The fourth-order valence-electron chi connectivity index (χ4n) is 2.32. The molecule has 0 aliphatic carbocycles. The Bertz CT molecular complexity index is 268. The molecular formula is C19H40N2O2. The van der Waals surface area contributed by atoms with Gasteiger partial charge in [0.2, 0.25) is 5.91 Å². The van der Waals surface area contributed by atoms with E-state index in [2.05, 4.69) is 38.3 Å². The molecule has 0 unspecified atom stereocenters. The maximum absolute atomic E-state index is 11.6. The van der Waals surface area contributed by atoms with Crippen LogP contribution in [0.2, 0.25) is 0 Å². The first-order valence-corrected chi connectivity index (χ1v) is 9.60. The number of unbranched alkanes of at least 4 members (excludes halogenated alkanes) is 5. The fourth-order valence-corrected chi connectivity index (χ4v) is 2.32. The van der Waals surface area contributed by atoms with Crippen molar-refractivity contribution in [3.63, 3.8) is 0 Å². The maximum Gasteiger partial charge on any atom is 0.220 e. The summed E-state index contributed by atoms with van der Waals surface area (Å²) in [7, 11) is 0. The maximum atomic E-state index is 11.6. The van der Waals surface area contributed by atoms with Crippen molar-refractivity contribution in [2.24, 2.45) is 5.92 Å².